The average molecular weight is 415 g/mol. The maximum Gasteiger partial charge on any atom is 0.344 e. The number of benzene rings is 2. The van der Waals surface area contributed by atoms with Crippen molar-refractivity contribution in [3.63, 3.8) is 0 Å². The molecule has 0 saturated carbocycles. The number of rotatable bonds is 4. The standard InChI is InChI=1S/C22H17N5O2S/c28-27(29)20-21(26-13-5-9-15-6-1-2-10-17(15)26)24-14-25-22(20)30-18-11-3-7-16-8-4-12-23-19(16)18/h1-4,6-8,10-12,14H,5,9,13H2. The van der Waals surface area contributed by atoms with Crippen molar-refractivity contribution < 1.29 is 4.92 Å². The van der Waals surface area contributed by atoms with Crippen LogP contribution in [0.25, 0.3) is 10.9 Å². The first-order valence-corrected chi connectivity index (χ1v) is 10.4. The number of nitro groups is 1. The molecule has 0 N–H and O–H groups in total. The number of nitrogens with zero attached hydrogens (tertiary/aromatic N) is 5. The third-order valence-electron chi connectivity index (χ3n) is 5.12. The summed E-state index contributed by atoms with van der Waals surface area (Å²) in [7, 11) is 0. The molecule has 2 aromatic heterocycles. The number of pyridine rings is 1. The first kappa shape index (κ1) is 18.5. The van der Waals surface area contributed by atoms with Crippen molar-refractivity contribution >= 4 is 39.9 Å². The van der Waals surface area contributed by atoms with Crippen molar-refractivity contribution in [2.45, 2.75) is 22.8 Å². The molecule has 3 heterocycles. The van der Waals surface area contributed by atoms with Crippen molar-refractivity contribution in [3.05, 3.63) is 82.8 Å². The monoisotopic (exact) mass is 415 g/mol. The highest BCUT2D eigenvalue weighted by Crippen LogP contribution is 2.43. The van der Waals surface area contributed by atoms with Gasteiger partial charge in [-0.25, -0.2) is 9.97 Å². The molecule has 8 heteroatoms. The molecule has 0 aliphatic carbocycles. The lowest BCUT2D eigenvalue weighted by Crippen LogP contribution is -2.26. The lowest BCUT2D eigenvalue weighted by Gasteiger charge is -2.30. The molecule has 0 fully saturated rings. The Hall–Kier alpha value is -3.52. The number of para-hydroxylation sites is 2. The number of anilines is 2. The van der Waals surface area contributed by atoms with Gasteiger partial charge >= 0.3 is 5.69 Å². The first-order valence-electron chi connectivity index (χ1n) is 9.59. The Morgan fingerprint density at radius 1 is 1.00 bits per heavy atom. The lowest BCUT2D eigenvalue weighted by atomic mass is 10.0. The van der Waals surface area contributed by atoms with Gasteiger partial charge in [0.1, 0.15) is 6.33 Å². The second kappa shape index (κ2) is 7.72. The molecule has 0 atom stereocenters. The molecule has 0 bridgehead atoms. The molecular weight excluding hydrogens is 398 g/mol. The highest BCUT2D eigenvalue weighted by Gasteiger charge is 2.30. The second-order valence-electron chi connectivity index (χ2n) is 6.93. The van der Waals surface area contributed by atoms with Gasteiger partial charge in [0.15, 0.2) is 5.03 Å². The smallest absolute Gasteiger partial charge is 0.320 e. The average Bonchev–Trinajstić information content (AvgIpc) is 2.78. The summed E-state index contributed by atoms with van der Waals surface area (Å²) in [5, 5.41) is 13.4. The van der Waals surface area contributed by atoms with Crippen LogP contribution in [0.2, 0.25) is 0 Å². The molecule has 1 aliphatic heterocycles. The Kier molecular flexibility index (Phi) is 4.76. The third-order valence-corrected chi connectivity index (χ3v) is 6.16. The minimum atomic E-state index is -0.382. The summed E-state index contributed by atoms with van der Waals surface area (Å²) in [4.78, 5) is 27.5. The van der Waals surface area contributed by atoms with E-state index in [1.807, 2.05) is 53.4 Å². The number of aryl methyl sites for hydroxylation is 1. The van der Waals surface area contributed by atoms with Crippen LogP contribution in [0.5, 0.6) is 0 Å². The minimum Gasteiger partial charge on any atom is -0.320 e. The van der Waals surface area contributed by atoms with Gasteiger partial charge in [-0.1, -0.05) is 48.2 Å². The van der Waals surface area contributed by atoms with Crippen LogP contribution in [0.1, 0.15) is 12.0 Å². The zero-order valence-electron chi connectivity index (χ0n) is 15.9. The molecule has 7 nitrogen and oxygen atoms in total. The summed E-state index contributed by atoms with van der Waals surface area (Å²) >= 11 is 1.25. The fourth-order valence-corrected chi connectivity index (χ4v) is 4.79. The summed E-state index contributed by atoms with van der Waals surface area (Å²) < 4.78 is 0. The van der Waals surface area contributed by atoms with Gasteiger partial charge < -0.3 is 4.90 Å². The highest BCUT2D eigenvalue weighted by atomic mass is 32.2. The zero-order valence-corrected chi connectivity index (χ0v) is 16.7. The Morgan fingerprint density at radius 3 is 2.77 bits per heavy atom. The Bertz CT molecular complexity index is 1260. The van der Waals surface area contributed by atoms with E-state index in [0.29, 0.717) is 17.4 Å². The van der Waals surface area contributed by atoms with Crippen LogP contribution in [-0.4, -0.2) is 26.4 Å². The molecule has 5 rings (SSSR count). The van der Waals surface area contributed by atoms with Gasteiger partial charge in [-0.05, 0) is 36.6 Å². The lowest BCUT2D eigenvalue weighted by molar-refractivity contribution is -0.387. The van der Waals surface area contributed by atoms with E-state index in [2.05, 4.69) is 21.0 Å². The van der Waals surface area contributed by atoms with Crippen LogP contribution in [0.3, 0.4) is 0 Å². The molecule has 0 amide bonds. The number of fused-ring (bicyclic) bond motifs is 2. The molecule has 2 aromatic carbocycles. The van der Waals surface area contributed by atoms with Crippen LogP contribution in [0, 0.1) is 10.1 Å². The van der Waals surface area contributed by atoms with Crippen LogP contribution in [0.15, 0.2) is 77.0 Å². The quantitative estimate of drug-likeness (QED) is 0.258. The molecule has 148 valence electrons. The van der Waals surface area contributed by atoms with E-state index < -0.39 is 0 Å². The van der Waals surface area contributed by atoms with Gasteiger partial charge in [0.2, 0.25) is 5.82 Å². The minimum absolute atomic E-state index is 0.0767. The van der Waals surface area contributed by atoms with Crippen molar-refractivity contribution in [3.8, 4) is 0 Å². The molecule has 0 radical (unpaired) electrons. The molecule has 0 unspecified atom stereocenters. The normalized spacial score (nSPS) is 13.3. The third kappa shape index (κ3) is 3.25. The Balaban J connectivity index is 1.62. The summed E-state index contributed by atoms with van der Waals surface area (Å²) in [6.45, 7) is 0.675. The predicted molar refractivity (Wildman–Crippen MR) is 116 cm³/mol. The van der Waals surface area contributed by atoms with Gasteiger partial charge in [-0.2, -0.15) is 0 Å². The molecule has 0 spiro atoms. The number of hydrogen-bond donors (Lipinski definition) is 0. The van der Waals surface area contributed by atoms with Gasteiger partial charge in [-0.3, -0.25) is 15.1 Å². The topological polar surface area (TPSA) is 85.0 Å². The van der Waals surface area contributed by atoms with Crippen molar-refractivity contribution in [2.24, 2.45) is 0 Å². The fraction of sp³-hybridized carbons (Fsp3) is 0.136. The number of aromatic nitrogens is 3. The van der Waals surface area contributed by atoms with Crippen LogP contribution in [-0.2, 0) is 6.42 Å². The van der Waals surface area contributed by atoms with Crippen LogP contribution >= 0.6 is 11.8 Å². The van der Waals surface area contributed by atoms with Gasteiger partial charge in [-0.15, -0.1) is 0 Å². The summed E-state index contributed by atoms with van der Waals surface area (Å²) in [6.07, 6.45) is 4.99. The Morgan fingerprint density at radius 2 is 1.87 bits per heavy atom. The van der Waals surface area contributed by atoms with E-state index in [-0.39, 0.29) is 10.6 Å². The van der Waals surface area contributed by atoms with E-state index in [9.17, 15) is 10.1 Å². The molecule has 1 aliphatic rings. The van der Waals surface area contributed by atoms with E-state index in [4.69, 9.17) is 0 Å². The van der Waals surface area contributed by atoms with Gasteiger partial charge in [0, 0.05) is 28.7 Å². The summed E-state index contributed by atoms with van der Waals surface area (Å²) in [5.41, 5.74) is 2.85. The number of hydrogen-bond acceptors (Lipinski definition) is 7. The van der Waals surface area contributed by atoms with E-state index in [0.717, 1.165) is 34.3 Å². The molecule has 30 heavy (non-hydrogen) atoms. The van der Waals surface area contributed by atoms with E-state index in [1.54, 1.807) is 6.20 Å². The highest BCUT2D eigenvalue weighted by molar-refractivity contribution is 7.99. The van der Waals surface area contributed by atoms with Crippen molar-refractivity contribution in [1.29, 1.82) is 0 Å². The van der Waals surface area contributed by atoms with Crippen molar-refractivity contribution in [1.82, 2.24) is 15.0 Å². The van der Waals surface area contributed by atoms with Gasteiger partial charge in [0.25, 0.3) is 0 Å². The maximum atomic E-state index is 12.1. The largest absolute Gasteiger partial charge is 0.344 e. The SMILES string of the molecule is O=[N+]([O-])c1c(Sc2cccc3cccnc23)ncnc1N1CCCc2ccccc21. The summed E-state index contributed by atoms with van der Waals surface area (Å²) in [6, 6.07) is 17.6. The summed E-state index contributed by atoms with van der Waals surface area (Å²) in [5.74, 6) is 0.331. The van der Waals surface area contributed by atoms with E-state index in [1.165, 1.54) is 23.7 Å². The zero-order chi connectivity index (χ0) is 20.5. The fourth-order valence-electron chi connectivity index (χ4n) is 3.80. The van der Waals surface area contributed by atoms with Crippen LogP contribution < -0.4 is 4.90 Å². The van der Waals surface area contributed by atoms with Crippen LogP contribution in [0.4, 0.5) is 17.2 Å². The maximum absolute atomic E-state index is 12.1. The molecular formula is C22H17N5O2S. The van der Waals surface area contributed by atoms with Gasteiger partial charge in [0.05, 0.1) is 10.4 Å². The second-order valence-corrected chi connectivity index (χ2v) is 7.96. The predicted octanol–water partition coefficient (Wildman–Crippen LogP) is 5.17. The van der Waals surface area contributed by atoms with E-state index >= 15 is 0 Å². The molecule has 4 aromatic rings. The molecule has 0 saturated heterocycles. The van der Waals surface area contributed by atoms with Crippen molar-refractivity contribution in [2.75, 3.05) is 11.4 Å². The first-order chi connectivity index (χ1) is 14.7. The Labute approximate surface area is 177 Å².